The van der Waals surface area contributed by atoms with Crippen LogP contribution >= 0.6 is 0 Å². The molecule has 1 aliphatic heterocycles. The molecule has 0 unspecified atom stereocenters. The van der Waals surface area contributed by atoms with Crippen molar-refractivity contribution in [2.45, 2.75) is 30.6 Å². The molecule has 0 bridgehead atoms. The fourth-order valence-corrected chi connectivity index (χ4v) is 3.79. The van der Waals surface area contributed by atoms with Crippen molar-refractivity contribution in [3.05, 3.63) is 29.3 Å². The third-order valence-corrected chi connectivity index (χ3v) is 5.03. The lowest BCUT2D eigenvalue weighted by molar-refractivity contribution is -0.0284. The molecule has 17 heavy (non-hydrogen) atoms. The zero-order chi connectivity index (χ0) is 11.9. The quantitative estimate of drug-likeness (QED) is 0.802. The molecular weight excluding hydrogens is 238 g/mol. The molecule has 2 aliphatic rings. The summed E-state index contributed by atoms with van der Waals surface area (Å²) in [6.07, 6.45) is 3.94. The van der Waals surface area contributed by atoms with E-state index in [9.17, 15) is 8.42 Å². The van der Waals surface area contributed by atoms with Gasteiger partial charge in [0.15, 0.2) is 0 Å². The molecule has 5 heteroatoms. The van der Waals surface area contributed by atoms with E-state index in [1.54, 1.807) is 12.1 Å². The van der Waals surface area contributed by atoms with Gasteiger partial charge in [0, 0.05) is 6.54 Å². The van der Waals surface area contributed by atoms with Crippen LogP contribution in [0.3, 0.4) is 0 Å². The topological polar surface area (TPSA) is 46.6 Å². The first-order chi connectivity index (χ1) is 8.18. The predicted octanol–water partition coefficient (Wildman–Crippen LogP) is 1.50. The van der Waals surface area contributed by atoms with Gasteiger partial charge in [-0.15, -0.1) is 0 Å². The van der Waals surface area contributed by atoms with Crippen LogP contribution in [0.5, 0.6) is 0 Å². The number of aryl methyl sites for hydroxylation is 2. The summed E-state index contributed by atoms with van der Waals surface area (Å²) in [5.74, 6) is 0. The van der Waals surface area contributed by atoms with E-state index in [-0.39, 0.29) is 0 Å². The van der Waals surface area contributed by atoms with Crippen LogP contribution in [0.25, 0.3) is 0 Å². The molecule has 0 atom stereocenters. The van der Waals surface area contributed by atoms with E-state index >= 15 is 0 Å². The third-order valence-electron chi connectivity index (χ3n) is 3.36. The Morgan fingerprint density at radius 3 is 2.71 bits per heavy atom. The maximum absolute atomic E-state index is 12.2. The van der Waals surface area contributed by atoms with Crippen LogP contribution in [0.15, 0.2) is 23.1 Å². The van der Waals surface area contributed by atoms with Gasteiger partial charge < -0.3 is 0 Å². The summed E-state index contributed by atoms with van der Waals surface area (Å²) < 4.78 is 25.6. The van der Waals surface area contributed by atoms with Gasteiger partial charge in [-0.1, -0.05) is 10.5 Å². The molecule has 1 fully saturated rings. The zero-order valence-corrected chi connectivity index (χ0v) is 10.4. The summed E-state index contributed by atoms with van der Waals surface area (Å²) in [6, 6.07) is 5.44. The molecule has 0 spiro atoms. The molecule has 1 saturated heterocycles. The van der Waals surface area contributed by atoms with Crippen LogP contribution in [-0.4, -0.2) is 26.0 Å². The predicted molar refractivity (Wildman–Crippen MR) is 62.9 cm³/mol. The van der Waals surface area contributed by atoms with E-state index in [1.807, 2.05) is 6.07 Å². The fraction of sp³-hybridized carbons (Fsp3) is 0.500. The summed E-state index contributed by atoms with van der Waals surface area (Å²) in [5, 5.41) is 0. The van der Waals surface area contributed by atoms with E-state index in [0.29, 0.717) is 18.0 Å². The highest BCUT2D eigenvalue weighted by molar-refractivity contribution is 7.89. The molecule has 0 amide bonds. The summed E-state index contributed by atoms with van der Waals surface area (Å²) in [7, 11) is -3.45. The Morgan fingerprint density at radius 2 is 1.94 bits per heavy atom. The van der Waals surface area contributed by atoms with E-state index in [1.165, 1.54) is 11.1 Å². The standard InChI is InChI=1S/C12H15NO3S/c14-17(15,13-7-2-8-16-13)12-6-5-10-3-1-4-11(10)9-12/h5-6,9H,1-4,7-8H2. The molecule has 1 aliphatic carbocycles. The Morgan fingerprint density at radius 1 is 1.12 bits per heavy atom. The van der Waals surface area contributed by atoms with Crippen LogP contribution in [0.2, 0.25) is 0 Å². The highest BCUT2D eigenvalue weighted by Crippen LogP contribution is 2.27. The number of fused-ring (bicyclic) bond motifs is 1. The van der Waals surface area contributed by atoms with E-state index < -0.39 is 10.0 Å². The number of benzene rings is 1. The molecule has 3 rings (SSSR count). The van der Waals surface area contributed by atoms with Crippen LogP contribution < -0.4 is 0 Å². The smallest absolute Gasteiger partial charge is 0.265 e. The van der Waals surface area contributed by atoms with Gasteiger partial charge in [-0.05, 0) is 48.9 Å². The van der Waals surface area contributed by atoms with Gasteiger partial charge in [0.25, 0.3) is 10.0 Å². The number of hydrogen-bond donors (Lipinski definition) is 0. The average molecular weight is 253 g/mol. The summed E-state index contributed by atoms with van der Waals surface area (Å²) in [4.78, 5) is 5.50. The Bertz CT molecular complexity index is 533. The summed E-state index contributed by atoms with van der Waals surface area (Å²) in [6.45, 7) is 0.948. The van der Waals surface area contributed by atoms with Crippen LogP contribution in [0, 0.1) is 0 Å². The van der Waals surface area contributed by atoms with Crippen molar-refractivity contribution in [3.63, 3.8) is 0 Å². The van der Waals surface area contributed by atoms with Crippen molar-refractivity contribution >= 4 is 10.0 Å². The minimum Gasteiger partial charge on any atom is -0.284 e. The van der Waals surface area contributed by atoms with E-state index in [0.717, 1.165) is 30.2 Å². The normalized spacial score (nSPS) is 20.7. The maximum atomic E-state index is 12.2. The number of sulfonamides is 1. The first-order valence-electron chi connectivity index (χ1n) is 5.95. The van der Waals surface area contributed by atoms with Crippen molar-refractivity contribution in [2.24, 2.45) is 0 Å². The molecule has 1 aromatic carbocycles. The fourth-order valence-electron chi connectivity index (χ4n) is 2.44. The van der Waals surface area contributed by atoms with Crippen LogP contribution in [0.4, 0.5) is 0 Å². The van der Waals surface area contributed by atoms with Gasteiger partial charge in [0.2, 0.25) is 0 Å². The Hall–Kier alpha value is -0.910. The molecule has 1 heterocycles. The lowest BCUT2D eigenvalue weighted by atomic mass is 10.1. The minimum atomic E-state index is -3.45. The second kappa shape index (κ2) is 4.08. The second-order valence-corrected chi connectivity index (χ2v) is 6.33. The Kier molecular flexibility index (Phi) is 2.69. The zero-order valence-electron chi connectivity index (χ0n) is 9.55. The lowest BCUT2D eigenvalue weighted by Gasteiger charge is -2.14. The molecule has 92 valence electrons. The molecule has 0 saturated carbocycles. The molecular formula is C12H15NO3S. The van der Waals surface area contributed by atoms with Gasteiger partial charge in [-0.3, -0.25) is 4.84 Å². The van der Waals surface area contributed by atoms with Crippen LogP contribution in [0.1, 0.15) is 24.0 Å². The van der Waals surface area contributed by atoms with Gasteiger partial charge in [0.05, 0.1) is 11.5 Å². The van der Waals surface area contributed by atoms with Crippen molar-refractivity contribution < 1.29 is 13.3 Å². The lowest BCUT2D eigenvalue weighted by Crippen LogP contribution is -2.26. The molecule has 1 aromatic rings. The van der Waals surface area contributed by atoms with Crippen molar-refractivity contribution in [1.82, 2.24) is 4.47 Å². The van der Waals surface area contributed by atoms with Gasteiger partial charge in [-0.25, -0.2) is 8.42 Å². The molecule has 4 nitrogen and oxygen atoms in total. The SMILES string of the molecule is O=S(=O)(c1ccc2c(c1)CCC2)N1CCCO1. The van der Waals surface area contributed by atoms with Gasteiger partial charge in [-0.2, -0.15) is 0 Å². The number of hydrogen-bond acceptors (Lipinski definition) is 3. The first kappa shape index (κ1) is 11.2. The van der Waals surface area contributed by atoms with E-state index in [4.69, 9.17) is 4.84 Å². The largest absolute Gasteiger partial charge is 0.284 e. The van der Waals surface area contributed by atoms with Crippen molar-refractivity contribution in [3.8, 4) is 0 Å². The molecule has 0 aromatic heterocycles. The number of hydroxylamine groups is 1. The summed E-state index contributed by atoms with van der Waals surface area (Å²) >= 11 is 0. The monoisotopic (exact) mass is 253 g/mol. The Balaban J connectivity index is 1.98. The number of nitrogens with zero attached hydrogens (tertiary/aromatic N) is 1. The maximum Gasteiger partial charge on any atom is 0.265 e. The van der Waals surface area contributed by atoms with Crippen molar-refractivity contribution in [2.75, 3.05) is 13.2 Å². The minimum absolute atomic E-state index is 0.361. The molecule has 0 radical (unpaired) electrons. The third kappa shape index (κ3) is 1.88. The van der Waals surface area contributed by atoms with Gasteiger partial charge in [0.1, 0.15) is 0 Å². The summed E-state index contributed by atoms with van der Waals surface area (Å²) in [5.41, 5.74) is 2.46. The first-order valence-corrected chi connectivity index (χ1v) is 7.39. The van der Waals surface area contributed by atoms with E-state index in [2.05, 4.69) is 0 Å². The second-order valence-electron chi connectivity index (χ2n) is 4.50. The van der Waals surface area contributed by atoms with Crippen molar-refractivity contribution in [1.29, 1.82) is 0 Å². The number of rotatable bonds is 2. The Labute approximate surface area is 101 Å². The van der Waals surface area contributed by atoms with Gasteiger partial charge >= 0.3 is 0 Å². The van der Waals surface area contributed by atoms with Crippen LogP contribution in [-0.2, 0) is 27.7 Å². The highest BCUT2D eigenvalue weighted by Gasteiger charge is 2.29. The average Bonchev–Trinajstić information content (AvgIpc) is 2.99. The highest BCUT2D eigenvalue weighted by atomic mass is 32.2. The molecule has 0 N–H and O–H groups in total.